The van der Waals surface area contributed by atoms with Crippen LogP contribution < -0.4 is 4.72 Å². The molecule has 0 aliphatic heterocycles. The minimum atomic E-state index is -3.08. The summed E-state index contributed by atoms with van der Waals surface area (Å²) in [4.78, 5) is 4.56. The first-order chi connectivity index (χ1) is 12.5. The highest BCUT2D eigenvalue weighted by atomic mass is 32.2. The van der Waals surface area contributed by atoms with Crippen LogP contribution in [-0.2, 0) is 22.9 Å². The molecule has 3 rings (SSSR count). The van der Waals surface area contributed by atoms with Gasteiger partial charge >= 0.3 is 0 Å². The normalized spacial score (nSPS) is 11.7. The molecule has 4 nitrogen and oxygen atoms in total. The number of aryl methyl sites for hydroxylation is 1. The minimum Gasteiger partial charge on any atom is -0.260 e. The van der Waals surface area contributed by atoms with Crippen LogP contribution in [0.3, 0.4) is 0 Å². The molecule has 0 spiro atoms. The predicted molar refractivity (Wildman–Crippen MR) is 107 cm³/mol. The van der Waals surface area contributed by atoms with Crippen LogP contribution in [0.25, 0.3) is 10.8 Å². The summed E-state index contributed by atoms with van der Waals surface area (Å²) in [5, 5.41) is 2.43. The van der Waals surface area contributed by atoms with Gasteiger partial charge in [-0.05, 0) is 41.8 Å². The second-order valence-corrected chi connectivity index (χ2v) is 8.43. The third kappa shape index (κ3) is 5.38. The molecular weight excluding hydrogens is 344 g/mol. The summed E-state index contributed by atoms with van der Waals surface area (Å²) in [6, 6.07) is 19.0. The van der Waals surface area contributed by atoms with Crippen LogP contribution in [0, 0.1) is 0 Å². The number of nitrogens with one attached hydrogen (secondary N) is 1. The zero-order chi connectivity index (χ0) is 18.4. The van der Waals surface area contributed by atoms with Gasteiger partial charge in [0.2, 0.25) is 10.0 Å². The summed E-state index contributed by atoms with van der Waals surface area (Å²) in [7, 11) is -3.08. The summed E-state index contributed by atoms with van der Waals surface area (Å²) in [6.45, 7) is 0.504. The van der Waals surface area contributed by atoms with E-state index in [2.05, 4.69) is 52.2 Å². The highest BCUT2D eigenvalue weighted by Gasteiger charge is 2.04. The van der Waals surface area contributed by atoms with Gasteiger partial charge < -0.3 is 0 Å². The minimum absolute atomic E-state index is 0.504. The lowest BCUT2D eigenvalue weighted by Gasteiger charge is -2.07. The largest absolute Gasteiger partial charge is 0.260 e. The molecule has 2 aromatic carbocycles. The molecular formula is C21H24N2O2S. The Morgan fingerprint density at radius 1 is 0.923 bits per heavy atom. The summed E-state index contributed by atoms with van der Waals surface area (Å²) >= 11 is 0. The van der Waals surface area contributed by atoms with Gasteiger partial charge in [0.15, 0.2) is 0 Å². The number of fused-ring (bicyclic) bond motifs is 1. The number of rotatable bonds is 8. The Bertz CT molecular complexity index is 961. The van der Waals surface area contributed by atoms with Gasteiger partial charge in [0.25, 0.3) is 0 Å². The van der Waals surface area contributed by atoms with Crippen molar-refractivity contribution in [2.75, 3.05) is 12.8 Å². The molecule has 1 aromatic heterocycles. The van der Waals surface area contributed by atoms with E-state index in [1.165, 1.54) is 28.2 Å². The topological polar surface area (TPSA) is 59.1 Å². The van der Waals surface area contributed by atoms with Crippen molar-refractivity contribution >= 4 is 20.8 Å². The number of sulfonamides is 1. The van der Waals surface area contributed by atoms with Crippen LogP contribution in [0.2, 0.25) is 0 Å². The van der Waals surface area contributed by atoms with Gasteiger partial charge in [0, 0.05) is 24.5 Å². The Hall–Kier alpha value is -2.24. The molecule has 0 unspecified atom stereocenters. The molecule has 0 saturated heterocycles. The van der Waals surface area contributed by atoms with E-state index in [-0.39, 0.29) is 0 Å². The Balaban J connectivity index is 1.56. The van der Waals surface area contributed by atoms with Crippen molar-refractivity contribution in [3.63, 3.8) is 0 Å². The van der Waals surface area contributed by atoms with Crippen LogP contribution in [0.15, 0.2) is 60.8 Å². The number of benzene rings is 2. The smallest absolute Gasteiger partial charge is 0.208 e. The first-order valence-electron chi connectivity index (χ1n) is 8.86. The first kappa shape index (κ1) is 18.5. The van der Waals surface area contributed by atoms with E-state index in [9.17, 15) is 8.42 Å². The zero-order valence-corrected chi connectivity index (χ0v) is 15.8. The van der Waals surface area contributed by atoms with Crippen LogP contribution >= 0.6 is 0 Å². The lowest BCUT2D eigenvalue weighted by atomic mass is 10.0. The van der Waals surface area contributed by atoms with Crippen LogP contribution in [0.1, 0.15) is 29.7 Å². The molecule has 1 heterocycles. The van der Waals surface area contributed by atoms with Gasteiger partial charge in [0.05, 0.1) is 11.9 Å². The maximum atomic E-state index is 11.0. The number of unbranched alkanes of at least 4 members (excludes halogenated alkanes) is 1. The van der Waals surface area contributed by atoms with Crippen molar-refractivity contribution in [1.82, 2.24) is 9.71 Å². The molecule has 0 atom stereocenters. The molecule has 3 aromatic rings. The third-order valence-electron chi connectivity index (χ3n) is 4.41. The summed E-state index contributed by atoms with van der Waals surface area (Å²) in [5.41, 5.74) is 3.62. The fourth-order valence-corrected chi connectivity index (χ4v) is 3.57. The number of hydrogen-bond donors (Lipinski definition) is 1. The molecule has 0 aliphatic carbocycles. The van der Waals surface area contributed by atoms with E-state index in [4.69, 9.17) is 0 Å². The van der Waals surface area contributed by atoms with Crippen molar-refractivity contribution in [1.29, 1.82) is 0 Å². The van der Waals surface area contributed by atoms with Gasteiger partial charge in [0.1, 0.15) is 0 Å². The molecule has 5 heteroatoms. The Kier molecular flexibility index (Phi) is 6.01. The van der Waals surface area contributed by atoms with Crippen LogP contribution in [0.4, 0.5) is 0 Å². The molecule has 1 N–H and O–H groups in total. The monoisotopic (exact) mass is 368 g/mol. The van der Waals surface area contributed by atoms with E-state index in [1.54, 1.807) is 0 Å². The van der Waals surface area contributed by atoms with Gasteiger partial charge in [-0.3, -0.25) is 4.98 Å². The van der Waals surface area contributed by atoms with E-state index in [0.717, 1.165) is 31.4 Å². The quantitative estimate of drug-likeness (QED) is 0.617. The molecule has 0 amide bonds. The van der Waals surface area contributed by atoms with Crippen molar-refractivity contribution in [3.05, 3.63) is 77.6 Å². The molecule has 26 heavy (non-hydrogen) atoms. The summed E-state index contributed by atoms with van der Waals surface area (Å²) < 4.78 is 24.6. The molecule has 0 radical (unpaired) electrons. The second kappa shape index (κ2) is 8.43. The van der Waals surface area contributed by atoms with Gasteiger partial charge in [-0.1, -0.05) is 48.5 Å². The molecule has 0 aliphatic rings. The van der Waals surface area contributed by atoms with Crippen molar-refractivity contribution in [2.24, 2.45) is 0 Å². The highest BCUT2D eigenvalue weighted by molar-refractivity contribution is 7.88. The fourth-order valence-electron chi connectivity index (χ4n) is 3.05. The number of aromatic nitrogens is 1. The van der Waals surface area contributed by atoms with Gasteiger partial charge in [-0.2, -0.15) is 0 Å². The van der Waals surface area contributed by atoms with Gasteiger partial charge in [-0.15, -0.1) is 0 Å². The zero-order valence-electron chi connectivity index (χ0n) is 15.0. The van der Waals surface area contributed by atoms with E-state index < -0.39 is 10.0 Å². The summed E-state index contributed by atoms with van der Waals surface area (Å²) in [5.74, 6) is 0. The molecule has 0 bridgehead atoms. The van der Waals surface area contributed by atoms with Gasteiger partial charge in [-0.25, -0.2) is 13.1 Å². The van der Waals surface area contributed by atoms with Crippen LogP contribution in [0.5, 0.6) is 0 Å². The number of nitrogens with zero attached hydrogens (tertiary/aromatic N) is 1. The molecule has 136 valence electrons. The van der Waals surface area contributed by atoms with E-state index in [0.29, 0.717) is 6.54 Å². The number of pyridine rings is 1. The molecule has 0 saturated carbocycles. The average molecular weight is 369 g/mol. The van der Waals surface area contributed by atoms with Crippen molar-refractivity contribution in [3.8, 4) is 0 Å². The first-order valence-corrected chi connectivity index (χ1v) is 10.8. The third-order valence-corrected chi connectivity index (χ3v) is 5.14. The lowest BCUT2D eigenvalue weighted by Crippen LogP contribution is -2.22. The predicted octanol–water partition coefficient (Wildman–Crippen LogP) is 3.70. The molecule has 0 fully saturated rings. The maximum Gasteiger partial charge on any atom is 0.208 e. The average Bonchev–Trinajstić information content (AvgIpc) is 2.62. The Morgan fingerprint density at radius 2 is 1.65 bits per heavy atom. The SMILES string of the molecule is CS(=O)(=O)NCCCCc1ccc(Cc2nccc3ccccc23)cc1. The van der Waals surface area contributed by atoms with E-state index >= 15 is 0 Å². The number of hydrogen-bond acceptors (Lipinski definition) is 3. The Labute approximate surface area is 155 Å². The standard InChI is InChI=1S/C21H24N2O2S/c1-26(24,25)23-14-5-4-6-17-9-11-18(12-10-17)16-21-20-8-3-2-7-19(20)13-15-22-21/h2-3,7-13,15,23H,4-6,14,16H2,1H3. The Morgan fingerprint density at radius 3 is 2.42 bits per heavy atom. The second-order valence-electron chi connectivity index (χ2n) is 6.60. The highest BCUT2D eigenvalue weighted by Crippen LogP contribution is 2.19. The van der Waals surface area contributed by atoms with Crippen molar-refractivity contribution in [2.45, 2.75) is 25.7 Å². The summed E-state index contributed by atoms with van der Waals surface area (Å²) in [6.07, 6.45) is 6.65. The maximum absolute atomic E-state index is 11.0. The van der Waals surface area contributed by atoms with Crippen LogP contribution in [-0.4, -0.2) is 26.2 Å². The fraction of sp³-hybridized carbons (Fsp3) is 0.286. The lowest BCUT2D eigenvalue weighted by molar-refractivity contribution is 0.583. The van der Waals surface area contributed by atoms with Crippen molar-refractivity contribution < 1.29 is 8.42 Å². The van der Waals surface area contributed by atoms with E-state index in [1.807, 2.05) is 18.3 Å².